The second-order valence-corrected chi connectivity index (χ2v) is 8.08. The molecule has 0 spiro atoms. The Hall–Kier alpha value is -2.93. The number of aromatic nitrogens is 3. The highest BCUT2D eigenvalue weighted by Crippen LogP contribution is 2.30. The maximum Gasteiger partial charge on any atom is 0.166 e. The molecule has 0 unspecified atom stereocenters. The number of hydrogen-bond donors (Lipinski definition) is 2. The number of anilines is 3. The average Bonchev–Trinajstić information content (AvgIpc) is 3.57. The Morgan fingerprint density at radius 2 is 1.76 bits per heavy atom. The van der Waals surface area contributed by atoms with E-state index in [1.54, 1.807) is 6.07 Å². The van der Waals surface area contributed by atoms with Crippen LogP contribution in [0.2, 0.25) is 0 Å². The van der Waals surface area contributed by atoms with Gasteiger partial charge in [0.15, 0.2) is 5.65 Å². The van der Waals surface area contributed by atoms with E-state index < -0.39 is 0 Å². The molecule has 150 valence electrons. The predicted octanol–water partition coefficient (Wildman–Crippen LogP) is 2.75. The van der Waals surface area contributed by atoms with Gasteiger partial charge in [0, 0.05) is 45.0 Å². The molecular formula is C22H27N7. The van der Waals surface area contributed by atoms with E-state index >= 15 is 0 Å². The van der Waals surface area contributed by atoms with Gasteiger partial charge in [0.1, 0.15) is 18.0 Å². The standard InChI is InChI=1S/C22H27N7/c23-20-8-7-19-21(25-15-26-22(19)27-20)24-13-16-3-5-18(6-4-16)29-11-9-28(10-12-29)14-17-1-2-17/h3-8,15,17H,1-2,9-14H2,(H3,23,24,25,26,27). The number of nitrogens with two attached hydrogens (primary N) is 1. The lowest BCUT2D eigenvalue weighted by Crippen LogP contribution is -2.47. The molecule has 0 radical (unpaired) electrons. The van der Waals surface area contributed by atoms with Crippen LogP contribution in [0.4, 0.5) is 17.3 Å². The van der Waals surface area contributed by atoms with Crippen LogP contribution in [0, 0.1) is 5.92 Å². The van der Waals surface area contributed by atoms with Crippen LogP contribution in [-0.2, 0) is 6.54 Å². The monoisotopic (exact) mass is 389 g/mol. The lowest BCUT2D eigenvalue weighted by molar-refractivity contribution is 0.248. The van der Waals surface area contributed by atoms with Crippen LogP contribution in [0.5, 0.6) is 0 Å². The van der Waals surface area contributed by atoms with E-state index in [9.17, 15) is 0 Å². The molecule has 1 aliphatic heterocycles. The number of benzene rings is 1. The third kappa shape index (κ3) is 4.24. The number of piperazine rings is 1. The van der Waals surface area contributed by atoms with E-state index in [1.807, 2.05) is 6.07 Å². The summed E-state index contributed by atoms with van der Waals surface area (Å²) in [5, 5.41) is 4.28. The molecule has 0 amide bonds. The van der Waals surface area contributed by atoms with Crippen molar-refractivity contribution < 1.29 is 0 Å². The lowest BCUT2D eigenvalue weighted by Gasteiger charge is -2.36. The van der Waals surface area contributed by atoms with E-state index in [4.69, 9.17) is 5.73 Å². The Labute approximate surface area is 171 Å². The van der Waals surface area contributed by atoms with E-state index in [0.29, 0.717) is 18.0 Å². The van der Waals surface area contributed by atoms with Crippen LogP contribution in [-0.4, -0.2) is 52.6 Å². The first-order chi connectivity index (χ1) is 14.2. The number of nitrogens with zero attached hydrogens (tertiary/aromatic N) is 5. The molecule has 3 N–H and O–H groups in total. The summed E-state index contributed by atoms with van der Waals surface area (Å²) in [5.41, 5.74) is 8.89. The van der Waals surface area contributed by atoms with Gasteiger partial charge in [0.05, 0.1) is 5.39 Å². The number of nitrogens with one attached hydrogen (secondary N) is 1. The molecule has 7 nitrogen and oxygen atoms in total. The van der Waals surface area contributed by atoms with Gasteiger partial charge in [0.2, 0.25) is 0 Å². The normalized spacial score (nSPS) is 17.6. The molecule has 0 atom stereocenters. The quantitative estimate of drug-likeness (QED) is 0.671. The Morgan fingerprint density at radius 3 is 2.52 bits per heavy atom. The van der Waals surface area contributed by atoms with Crippen LogP contribution in [0.1, 0.15) is 18.4 Å². The molecule has 5 rings (SSSR count). The molecule has 0 bridgehead atoms. The van der Waals surface area contributed by atoms with Crippen LogP contribution >= 0.6 is 0 Å². The van der Waals surface area contributed by atoms with Gasteiger partial charge in [-0.1, -0.05) is 12.1 Å². The van der Waals surface area contributed by atoms with E-state index in [2.05, 4.69) is 54.3 Å². The molecule has 2 aliphatic rings. The SMILES string of the molecule is Nc1ccc2c(NCc3ccc(N4CCN(CC5CC5)CC4)cc3)ncnc2n1. The zero-order chi connectivity index (χ0) is 19.6. The van der Waals surface area contributed by atoms with Gasteiger partial charge >= 0.3 is 0 Å². The van der Waals surface area contributed by atoms with Gasteiger partial charge in [-0.3, -0.25) is 4.90 Å². The highest BCUT2D eigenvalue weighted by Gasteiger charge is 2.26. The minimum atomic E-state index is 0.464. The van der Waals surface area contributed by atoms with Gasteiger partial charge in [-0.25, -0.2) is 15.0 Å². The molecule has 7 heteroatoms. The lowest BCUT2D eigenvalue weighted by atomic mass is 10.1. The zero-order valence-electron chi connectivity index (χ0n) is 16.6. The maximum absolute atomic E-state index is 5.75. The van der Waals surface area contributed by atoms with E-state index in [-0.39, 0.29) is 0 Å². The van der Waals surface area contributed by atoms with Crippen LogP contribution in [0.15, 0.2) is 42.7 Å². The number of hydrogen-bond acceptors (Lipinski definition) is 7. The zero-order valence-corrected chi connectivity index (χ0v) is 16.6. The topological polar surface area (TPSA) is 83.2 Å². The van der Waals surface area contributed by atoms with Gasteiger partial charge in [-0.15, -0.1) is 0 Å². The van der Waals surface area contributed by atoms with Crippen LogP contribution in [0.25, 0.3) is 11.0 Å². The molecule has 29 heavy (non-hydrogen) atoms. The van der Waals surface area contributed by atoms with Gasteiger partial charge in [0.25, 0.3) is 0 Å². The molecule has 1 saturated carbocycles. The Balaban J connectivity index is 1.19. The molecule has 3 heterocycles. The number of fused-ring (bicyclic) bond motifs is 1. The summed E-state index contributed by atoms with van der Waals surface area (Å²) in [6.07, 6.45) is 4.39. The van der Waals surface area contributed by atoms with Crippen molar-refractivity contribution in [3.63, 3.8) is 0 Å². The van der Waals surface area contributed by atoms with Crippen LogP contribution in [0.3, 0.4) is 0 Å². The van der Waals surface area contributed by atoms with Crippen LogP contribution < -0.4 is 16.0 Å². The minimum Gasteiger partial charge on any atom is -0.384 e. The summed E-state index contributed by atoms with van der Waals surface area (Å²) in [4.78, 5) is 17.9. The fourth-order valence-corrected chi connectivity index (χ4v) is 3.96. The molecule has 2 fully saturated rings. The summed E-state index contributed by atoms with van der Waals surface area (Å²) in [5.74, 6) is 2.22. The number of pyridine rings is 1. The second kappa shape index (κ2) is 7.83. The average molecular weight is 390 g/mol. The van der Waals surface area contributed by atoms with E-state index in [0.717, 1.165) is 30.2 Å². The summed E-state index contributed by atoms with van der Waals surface area (Å²) < 4.78 is 0. The third-order valence-electron chi connectivity index (χ3n) is 5.87. The third-order valence-corrected chi connectivity index (χ3v) is 5.87. The largest absolute Gasteiger partial charge is 0.384 e. The molecule has 2 aromatic heterocycles. The smallest absolute Gasteiger partial charge is 0.166 e. The summed E-state index contributed by atoms with van der Waals surface area (Å²) in [6, 6.07) is 12.5. The van der Waals surface area contributed by atoms with Crippen molar-refractivity contribution in [3.05, 3.63) is 48.3 Å². The predicted molar refractivity (Wildman–Crippen MR) is 117 cm³/mol. The molecule has 3 aromatic rings. The molecule has 1 aliphatic carbocycles. The van der Waals surface area contributed by atoms with Gasteiger partial charge < -0.3 is 16.0 Å². The van der Waals surface area contributed by atoms with Crippen molar-refractivity contribution >= 4 is 28.4 Å². The van der Waals surface area contributed by atoms with Crippen molar-refractivity contribution in [2.24, 2.45) is 5.92 Å². The summed E-state index contributed by atoms with van der Waals surface area (Å²) in [6.45, 7) is 6.60. The molecule has 1 aromatic carbocycles. The Bertz CT molecular complexity index is 976. The first kappa shape index (κ1) is 18.1. The van der Waals surface area contributed by atoms with Crippen molar-refractivity contribution in [1.29, 1.82) is 0 Å². The molecular weight excluding hydrogens is 362 g/mol. The number of nitrogen functional groups attached to an aromatic ring is 1. The molecule has 1 saturated heterocycles. The van der Waals surface area contributed by atoms with Crippen molar-refractivity contribution in [1.82, 2.24) is 19.9 Å². The van der Waals surface area contributed by atoms with Crippen molar-refractivity contribution in [2.45, 2.75) is 19.4 Å². The van der Waals surface area contributed by atoms with Crippen molar-refractivity contribution in [3.8, 4) is 0 Å². The fourth-order valence-electron chi connectivity index (χ4n) is 3.96. The fraction of sp³-hybridized carbons (Fsp3) is 0.409. The van der Waals surface area contributed by atoms with Gasteiger partial charge in [-0.05, 0) is 48.6 Å². The second-order valence-electron chi connectivity index (χ2n) is 8.08. The first-order valence-corrected chi connectivity index (χ1v) is 10.4. The van der Waals surface area contributed by atoms with Crippen molar-refractivity contribution in [2.75, 3.05) is 48.7 Å². The highest BCUT2D eigenvalue weighted by atomic mass is 15.3. The number of rotatable bonds is 6. The van der Waals surface area contributed by atoms with Gasteiger partial charge in [-0.2, -0.15) is 0 Å². The maximum atomic E-state index is 5.75. The Morgan fingerprint density at radius 1 is 0.966 bits per heavy atom. The summed E-state index contributed by atoms with van der Waals surface area (Å²) in [7, 11) is 0. The highest BCUT2D eigenvalue weighted by molar-refractivity contribution is 5.87. The first-order valence-electron chi connectivity index (χ1n) is 10.4. The minimum absolute atomic E-state index is 0.464. The van der Waals surface area contributed by atoms with E-state index in [1.165, 1.54) is 50.1 Å². The Kier molecular flexibility index (Phi) is 4.89. The summed E-state index contributed by atoms with van der Waals surface area (Å²) >= 11 is 0.